The first-order valence-corrected chi connectivity index (χ1v) is 6.06. The monoisotopic (exact) mass is 267 g/mol. The van der Waals surface area contributed by atoms with E-state index in [0.717, 1.165) is 12.3 Å². The first-order chi connectivity index (χ1) is 8.71. The summed E-state index contributed by atoms with van der Waals surface area (Å²) in [6.07, 6.45) is 2.39. The van der Waals surface area contributed by atoms with Crippen LogP contribution in [0.3, 0.4) is 0 Å². The third-order valence-corrected chi connectivity index (χ3v) is 3.52. The highest BCUT2D eigenvalue weighted by molar-refractivity contribution is 6.52. The van der Waals surface area contributed by atoms with Gasteiger partial charge < -0.3 is 9.31 Å². The summed E-state index contributed by atoms with van der Waals surface area (Å²) in [4.78, 5) is 3.66. The third kappa shape index (κ3) is 2.85. The Bertz CT molecular complexity index is 501. The van der Waals surface area contributed by atoms with Crippen molar-refractivity contribution < 1.29 is 18.1 Å². The Morgan fingerprint density at radius 3 is 2.26 bits per heavy atom. The molecule has 3 nitrogen and oxygen atoms in total. The number of hydrogen-bond donors (Lipinski definition) is 0. The van der Waals surface area contributed by atoms with E-state index in [9.17, 15) is 8.78 Å². The topological polar surface area (TPSA) is 31.4 Å². The minimum atomic E-state index is -0.715. The molecule has 1 aliphatic heterocycles. The summed E-state index contributed by atoms with van der Waals surface area (Å²) in [5.41, 5.74) is -0.843. The second-order valence-electron chi connectivity index (χ2n) is 5.50. The lowest BCUT2D eigenvalue weighted by Crippen LogP contribution is -2.41. The first-order valence-electron chi connectivity index (χ1n) is 6.06. The molecule has 0 N–H and O–H groups in total. The minimum Gasteiger partial charge on any atom is -0.400 e. The van der Waals surface area contributed by atoms with Gasteiger partial charge in [0, 0.05) is 6.07 Å². The fourth-order valence-electron chi connectivity index (χ4n) is 1.68. The molecule has 1 fully saturated rings. The highest BCUT2D eigenvalue weighted by Gasteiger charge is 2.50. The summed E-state index contributed by atoms with van der Waals surface area (Å²) in [5.74, 6) is 0.151. The smallest absolute Gasteiger partial charge is 0.400 e. The molecular formula is C13H16BF2NO2. The van der Waals surface area contributed by atoms with E-state index in [2.05, 4.69) is 4.98 Å². The Morgan fingerprint density at radius 2 is 1.74 bits per heavy atom. The number of nitrogens with zero attached hydrogens (tertiary/aromatic N) is 1. The highest BCUT2D eigenvalue weighted by atomic mass is 19.1. The molecule has 1 saturated heterocycles. The fourth-order valence-corrected chi connectivity index (χ4v) is 1.68. The van der Waals surface area contributed by atoms with Gasteiger partial charge in [0.1, 0.15) is 5.82 Å². The largest absolute Gasteiger partial charge is 0.487 e. The van der Waals surface area contributed by atoms with E-state index in [0.29, 0.717) is 0 Å². The summed E-state index contributed by atoms with van der Waals surface area (Å²) >= 11 is 0. The number of pyridine rings is 1. The highest BCUT2D eigenvalue weighted by Crippen LogP contribution is 2.36. The van der Waals surface area contributed by atoms with Gasteiger partial charge in [-0.2, -0.15) is 0 Å². The standard InChI is InChI=1S/C13H16BF2NO2/c1-12(2)13(3,4)19-14(18-12)6-5-11-10(16)7-9(15)8-17-11/h5-8H,1-4H3/b6-5+. The van der Waals surface area contributed by atoms with Crippen LogP contribution in [0, 0.1) is 11.6 Å². The van der Waals surface area contributed by atoms with Gasteiger partial charge in [-0.25, -0.2) is 8.78 Å². The van der Waals surface area contributed by atoms with Gasteiger partial charge in [0.25, 0.3) is 0 Å². The predicted octanol–water partition coefficient (Wildman–Crippen LogP) is 3.00. The minimum absolute atomic E-state index is 0.0520. The molecule has 19 heavy (non-hydrogen) atoms. The Morgan fingerprint density at radius 1 is 1.16 bits per heavy atom. The molecule has 0 bridgehead atoms. The third-order valence-electron chi connectivity index (χ3n) is 3.52. The molecule has 1 aromatic rings. The molecule has 0 atom stereocenters. The SMILES string of the molecule is CC1(C)OB(/C=C/c2ncc(F)cc2F)OC1(C)C. The molecule has 1 aromatic heterocycles. The molecule has 0 aromatic carbocycles. The van der Waals surface area contributed by atoms with Gasteiger partial charge in [0.2, 0.25) is 0 Å². The first kappa shape index (κ1) is 14.2. The number of rotatable bonds is 2. The van der Waals surface area contributed by atoms with Gasteiger partial charge in [0.05, 0.1) is 23.1 Å². The lowest BCUT2D eigenvalue weighted by Gasteiger charge is -2.32. The number of hydrogen-bond acceptors (Lipinski definition) is 3. The lowest BCUT2D eigenvalue weighted by atomic mass is 9.89. The number of aromatic nitrogens is 1. The average Bonchev–Trinajstić information content (AvgIpc) is 2.46. The Hall–Kier alpha value is -1.27. The van der Waals surface area contributed by atoms with Crippen molar-refractivity contribution in [2.75, 3.05) is 0 Å². The number of halogens is 2. The maximum absolute atomic E-state index is 13.4. The normalized spacial score (nSPS) is 21.3. The van der Waals surface area contributed by atoms with Crippen LogP contribution in [0.4, 0.5) is 8.78 Å². The van der Waals surface area contributed by atoms with Gasteiger partial charge in [-0.1, -0.05) is 5.98 Å². The zero-order chi connectivity index (χ0) is 14.3. The van der Waals surface area contributed by atoms with Crippen LogP contribution in [0.15, 0.2) is 18.2 Å². The molecule has 0 amide bonds. The molecule has 2 rings (SSSR count). The molecular weight excluding hydrogens is 251 g/mol. The quantitative estimate of drug-likeness (QED) is 0.772. The molecule has 0 spiro atoms. The van der Waals surface area contributed by atoms with Crippen LogP contribution < -0.4 is 0 Å². The van der Waals surface area contributed by atoms with Crippen molar-refractivity contribution >= 4 is 13.2 Å². The summed E-state index contributed by atoms with van der Waals surface area (Å²) in [7, 11) is -0.573. The maximum atomic E-state index is 13.4. The van der Waals surface area contributed by atoms with Crippen molar-refractivity contribution in [3.8, 4) is 0 Å². The van der Waals surface area contributed by atoms with E-state index >= 15 is 0 Å². The van der Waals surface area contributed by atoms with E-state index in [4.69, 9.17) is 9.31 Å². The Balaban J connectivity index is 2.13. The second kappa shape index (κ2) is 4.69. The van der Waals surface area contributed by atoms with Crippen LogP contribution in [0.1, 0.15) is 33.4 Å². The van der Waals surface area contributed by atoms with Crippen molar-refractivity contribution in [1.82, 2.24) is 4.98 Å². The summed E-state index contributed by atoms with van der Waals surface area (Å²) in [6.45, 7) is 7.71. The van der Waals surface area contributed by atoms with Gasteiger partial charge in [-0.15, -0.1) is 0 Å². The van der Waals surface area contributed by atoms with Crippen LogP contribution in [-0.2, 0) is 9.31 Å². The molecule has 6 heteroatoms. The summed E-state index contributed by atoms with van der Waals surface area (Å²) < 4.78 is 37.5. The van der Waals surface area contributed by atoms with Crippen LogP contribution >= 0.6 is 0 Å². The van der Waals surface area contributed by atoms with Crippen LogP contribution in [0.25, 0.3) is 6.08 Å². The molecule has 0 radical (unpaired) electrons. The van der Waals surface area contributed by atoms with Gasteiger partial charge in [-0.3, -0.25) is 4.98 Å². The predicted molar refractivity (Wildman–Crippen MR) is 69.3 cm³/mol. The van der Waals surface area contributed by atoms with E-state index < -0.39 is 30.0 Å². The molecule has 102 valence electrons. The molecule has 0 saturated carbocycles. The molecule has 2 heterocycles. The van der Waals surface area contributed by atoms with Crippen molar-refractivity contribution in [2.45, 2.75) is 38.9 Å². The summed E-state index contributed by atoms with van der Waals surface area (Å²) in [6, 6.07) is 0.789. The molecule has 0 aliphatic carbocycles. The van der Waals surface area contributed by atoms with E-state index in [-0.39, 0.29) is 5.69 Å². The van der Waals surface area contributed by atoms with Gasteiger partial charge >= 0.3 is 7.12 Å². The van der Waals surface area contributed by atoms with E-state index in [1.165, 1.54) is 6.08 Å². The van der Waals surface area contributed by atoms with Crippen LogP contribution in [0.2, 0.25) is 0 Å². The van der Waals surface area contributed by atoms with Gasteiger partial charge in [-0.05, 0) is 33.8 Å². The van der Waals surface area contributed by atoms with Crippen molar-refractivity contribution in [3.05, 3.63) is 35.6 Å². The van der Waals surface area contributed by atoms with Crippen molar-refractivity contribution in [2.24, 2.45) is 0 Å². The summed E-state index contributed by atoms with van der Waals surface area (Å²) in [5, 5.41) is 0. The Kier molecular flexibility index (Phi) is 3.49. The zero-order valence-electron chi connectivity index (χ0n) is 11.4. The molecule has 1 aliphatic rings. The second-order valence-corrected chi connectivity index (χ2v) is 5.50. The Labute approximate surface area is 111 Å². The molecule has 0 unspecified atom stereocenters. The van der Waals surface area contributed by atoms with Crippen LogP contribution in [-0.4, -0.2) is 23.3 Å². The van der Waals surface area contributed by atoms with E-state index in [1.54, 1.807) is 5.98 Å². The van der Waals surface area contributed by atoms with Crippen LogP contribution in [0.5, 0.6) is 0 Å². The van der Waals surface area contributed by atoms with Crippen molar-refractivity contribution in [3.63, 3.8) is 0 Å². The van der Waals surface area contributed by atoms with Crippen molar-refractivity contribution in [1.29, 1.82) is 0 Å². The lowest BCUT2D eigenvalue weighted by molar-refractivity contribution is 0.00578. The average molecular weight is 267 g/mol. The van der Waals surface area contributed by atoms with Gasteiger partial charge in [0.15, 0.2) is 5.82 Å². The maximum Gasteiger partial charge on any atom is 0.487 e. The van der Waals surface area contributed by atoms with E-state index in [1.807, 2.05) is 27.7 Å². The zero-order valence-corrected chi connectivity index (χ0v) is 11.4. The fraction of sp³-hybridized carbons (Fsp3) is 0.462.